The third-order valence-corrected chi connectivity index (χ3v) is 4.68. The number of allylic oxidation sites excluding steroid dienone is 1. The number of esters is 1. The van der Waals surface area contributed by atoms with E-state index in [0.29, 0.717) is 29.9 Å². The van der Waals surface area contributed by atoms with Crippen LogP contribution in [0.15, 0.2) is 48.2 Å². The zero-order valence-electron chi connectivity index (χ0n) is 17.3. The van der Waals surface area contributed by atoms with E-state index in [1.807, 2.05) is 33.2 Å². The summed E-state index contributed by atoms with van der Waals surface area (Å²) in [5.41, 5.74) is 5.44. The molecule has 0 fully saturated rings. The van der Waals surface area contributed by atoms with Crippen molar-refractivity contribution in [1.29, 1.82) is 0 Å². The Labute approximate surface area is 171 Å². The van der Waals surface area contributed by atoms with Gasteiger partial charge in [0.2, 0.25) is 0 Å². The molecule has 1 aliphatic heterocycles. The first-order valence-electron chi connectivity index (χ1n) is 9.79. The van der Waals surface area contributed by atoms with Crippen molar-refractivity contribution in [3.8, 4) is 0 Å². The topological polar surface area (TPSA) is 70.7 Å². The zero-order valence-corrected chi connectivity index (χ0v) is 17.3. The Bertz CT molecular complexity index is 946. The van der Waals surface area contributed by atoms with Crippen LogP contribution in [-0.2, 0) is 16.1 Å². The van der Waals surface area contributed by atoms with Crippen LogP contribution in [0.4, 0.5) is 11.4 Å². The van der Waals surface area contributed by atoms with Crippen molar-refractivity contribution >= 4 is 28.8 Å². The number of benzene rings is 2. The number of amides is 1. The Morgan fingerprint density at radius 2 is 1.83 bits per heavy atom. The predicted molar refractivity (Wildman–Crippen MR) is 116 cm³/mol. The van der Waals surface area contributed by atoms with Gasteiger partial charge in [-0.3, -0.25) is 4.79 Å². The summed E-state index contributed by atoms with van der Waals surface area (Å²) >= 11 is 0. The van der Waals surface area contributed by atoms with Crippen LogP contribution in [0.2, 0.25) is 0 Å². The van der Waals surface area contributed by atoms with E-state index < -0.39 is 5.97 Å². The second-order valence-corrected chi connectivity index (χ2v) is 7.20. The molecule has 0 aromatic heterocycles. The van der Waals surface area contributed by atoms with Crippen molar-refractivity contribution < 1.29 is 14.3 Å². The van der Waals surface area contributed by atoms with E-state index in [0.717, 1.165) is 23.5 Å². The molecule has 2 aromatic carbocycles. The molecule has 0 saturated heterocycles. The molecule has 1 heterocycles. The molecule has 2 N–H and O–H groups in total. The molecule has 6 nitrogen and oxygen atoms in total. The summed E-state index contributed by atoms with van der Waals surface area (Å²) < 4.78 is 5.04. The molecule has 0 unspecified atom stereocenters. The first-order chi connectivity index (χ1) is 13.9. The van der Waals surface area contributed by atoms with Crippen LogP contribution >= 0.6 is 0 Å². The smallest absolute Gasteiger partial charge is 0.338 e. The Hall–Kier alpha value is -3.12. The SMILES string of the molecule is CCOC(=O)c1ccc2c(c1)NC(=O)/C2=C(/CC)Nc1ccc(CN(C)C)cc1. The highest BCUT2D eigenvalue weighted by Gasteiger charge is 2.28. The summed E-state index contributed by atoms with van der Waals surface area (Å²) in [6, 6.07) is 13.4. The van der Waals surface area contributed by atoms with E-state index in [1.165, 1.54) is 5.56 Å². The Balaban J connectivity index is 1.89. The minimum atomic E-state index is -0.395. The summed E-state index contributed by atoms with van der Waals surface area (Å²) in [6.07, 6.45) is 0.668. The molecular weight excluding hydrogens is 366 g/mol. The van der Waals surface area contributed by atoms with Gasteiger partial charge in [-0.15, -0.1) is 0 Å². The van der Waals surface area contributed by atoms with Gasteiger partial charge in [-0.05, 0) is 57.3 Å². The number of fused-ring (bicyclic) bond motifs is 1. The fourth-order valence-electron chi connectivity index (χ4n) is 3.37. The molecule has 3 rings (SSSR count). The number of rotatable bonds is 7. The van der Waals surface area contributed by atoms with Crippen LogP contribution < -0.4 is 10.6 Å². The molecule has 29 heavy (non-hydrogen) atoms. The number of carbonyl (C=O) groups is 2. The number of ether oxygens (including phenoxy) is 1. The van der Waals surface area contributed by atoms with E-state index in [1.54, 1.807) is 25.1 Å². The minimum Gasteiger partial charge on any atom is -0.462 e. The van der Waals surface area contributed by atoms with Crippen molar-refractivity contribution in [2.75, 3.05) is 31.3 Å². The van der Waals surface area contributed by atoms with Gasteiger partial charge in [0.15, 0.2) is 0 Å². The van der Waals surface area contributed by atoms with Crippen molar-refractivity contribution in [2.45, 2.75) is 26.8 Å². The first kappa shape index (κ1) is 20.6. The lowest BCUT2D eigenvalue weighted by molar-refractivity contribution is -0.110. The van der Waals surface area contributed by atoms with Crippen LogP contribution in [0.5, 0.6) is 0 Å². The molecule has 0 saturated carbocycles. The van der Waals surface area contributed by atoms with E-state index in [2.05, 4.69) is 27.7 Å². The number of nitrogens with zero attached hydrogens (tertiary/aromatic N) is 1. The third kappa shape index (κ3) is 4.66. The number of hydrogen-bond acceptors (Lipinski definition) is 5. The van der Waals surface area contributed by atoms with Crippen LogP contribution in [0.3, 0.4) is 0 Å². The average Bonchev–Trinajstić information content (AvgIpc) is 3.02. The molecule has 0 atom stereocenters. The molecule has 0 radical (unpaired) electrons. The number of carbonyl (C=O) groups excluding carboxylic acids is 2. The van der Waals surface area contributed by atoms with Crippen LogP contribution in [0, 0.1) is 0 Å². The molecule has 1 amide bonds. The summed E-state index contributed by atoms with van der Waals surface area (Å²) in [4.78, 5) is 26.8. The van der Waals surface area contributed by atoms with Crippen LogP contribution in [0.25, 0.3) is 5.57 Å². The first-order valence-corrected chi connectivity index (χ1v) is 9.79. The van der Waals surface area contributed by atoms with E-state index >= 15 is 0 Å². The number of nitrogens with one attached hydrogen (secondary N) is 2. The fourth-order valence-corrected chi connectivity index (χ4v) is 3.37. The fraction of sp³-hybridized carbons (Fsp3) is 0.304. The maximum absolute atomic E-state index is 12.7. The van der Waals surface area contributed by atoms with Gasteiger partial charge >= 0.3 is 5.97 Å². The number of anilines is 2. The Kier molecular flexibility index (Phi) is 6.34. The normalized spacial score (nSPS) is 14.4. The highest BCUT2D eigenvalue weighted by molar-refractivity contribution is 6.32. The van der Waals surface area contributed by atoms with Crippen LogP contribution in [-0.4, -0.2) is 37.5 Å². The quantitative estimate of drug-likeness (QED) is 0.547. The largest absolute Gasteiger partial charge is 0.462 e. The lowest BCUT2D eigenvalue weighted by Crippen LogP contribution is -2.11. The Morgan fingerprint density at radius 3 is 2.45 bits per heavy atom. The van der Waals surface area contributed by atoms with Gasteiger partial charge in [0.1, 0.15) is 0 Å². The minimum absolute atomic E-state index is 0.172. The zero-order chi connectivity index (χ0) is 21.0. The maximum Gasteiger partial charge on any atom is 0.338 e. The van der Waals surface area contributed by atoms with E-state index in [4.69, 9.17) is 4.74 Å². The monoisotopic (exact) mass is 393 g/mol. The van der Waals surface area contributed by atoms with Crippen molar-refractivity contribution in [1.82, 2.24) is 4.90 Å². The maximum atomic E-state index is 12.7. The standard InChI is InChI=1S/C23H27N3O3/c1-5-19(24-17-10-7-15(8-11-17)14-26(3)4)21-18-12-9-16(23(28)29-6-2)13-20(18)25-22(21)27/h7-13,24H,5-6,14H2,1-4H3,(H,25,27)/b21-19-. The van der Waals surface area contributed by atoms with Gasteiger partial charge in [0.05, 0.1) is 23.4 Å². The molecule has 1 aliphatic rings. The van der Waals surface area contributed by atoms with E-state index in [9.17, 15) is 9.59 Å². The number of hydrogen-bond donors (Lipinski definition) is 2. The third-order valence-electron chi connectivity index (χ3n) is 4.68. The van der Waals surface area contributed by atoms with Gasteiger partial charge in [-0.2, -0.15) is 0 Å². The molecule has 0 aliphatic carbocycles. The van der Waals surface area contributed by atoms with Crippen molar-refractivity contribution in [3.05, 3.63) is 64.9 Å². The van der Waals surface area contributed by atoms with Gasteiger partial charge in [0, 0.05) is 23.5 Å². The van der Waals surface area contributed by atoms with Crippen LogP contribution in [0.1, 0.15) is 41.8 Å². The highest BCUT2D eigenvalue weighted by Crippen LogP contribution is 2.36. The molecular formula is C23H27N3O3. The van der Waals surface area contributed by atoms with E-state index in [-0.39, 0.29) is 5.91 Å². The Morgan fingerprint density at radius 1 is 1.10 bits per heavy atom. The van der Waals surface area contributed by atoms with Crippen molar-refractivity contribution in [3.63, 3.8) is 0 Å². The lowest BCUT2D eigenvalue weighted by Gasteiger charge is -2.14. The molecule has 152 valence electrons. The van der Waals surface area contributed by atoms with Gasteiger partial charge < -0.3 is 20.3 Å². The molecule has 0 spiro atoms. The summed E-state index contributed by atoms with van der Waals surface area (Å²) in [7, 11) is 4.07. The molecule has 0 bridgehead atoms. The highest BCUT2D eigenvalue weighted by atomic mass is 16.5. The van der Waals surface area contributed by atoms with Gasteiger partial charge in [0.25, 0.3) is 5.91 Å². The average molecular weight is 393 g/mol. The second-order valence-electron chi connectivity index (χ2n) is 7.20. The summed E-state index contributed by atoms with van der Waals surface area (Å²) in [5, 5.41) is 6.26. The lowest BCUT2D eigenvalue weighted by atomic mass is 10.0. The summed E-state index contributed by atoms with van der Waals surface area (Å²) in [6.45, 7) is 4.96. The molecule has 6 heteroatoms. The predicted octanol–water partition coefficient (Wildman–Crippen LogP) is 4.11. The summed E-state index contributed by atoms with van der Waals surface area (Å²) in [5.74, 6) is -0.566. The van der Waals surface area contributed by atoms with Gasteiger partial charge in [-0.25, -0.2) is 4.79 Å². The molecule has 2 aromatic rings. The van der Waals surface area contributed by atoms with Crippen molar-refractivity contribution in [2.24, 2.45) is 0 Å². The second kappa shape index (κ2) is 8.92. The van der Waals surface area contributed by atoms with Gasteiger partial charge in [-0.1, -0.05) is 25.1 Å².